The van der Waals surface area contributed by atoms with E-state index in [0.717, 1.165) is 38.4 Å². The van der Waals surface area contributed by atoms with Gasteiger partial charge in [0.25, 0.3) is 0 Å². The number of rotatable bonds is 2. The first-order chi connectivity index (χ1) is 11.9. The maximum Gasteiger partial charge on any atom is 0.154 e. The second-order valence-electron chi connectivity index (χ2n) is 5.48. The Morgan fingerprint density at radius 3 is 2.79 bits per heavy atom. The molecule has 0 unspecified atom stereocenters. The van der Waals surface area contributed by atoms with Crippen LogP contribution in [0.5, 0.6) is 0 Å². The van der Waals surface area contributed by atoms with Crippen molar-refractivity contribution in [3.8, 4) is 21.8 Å². The Morgan fingerprint density at radius 2 is 1.88 bits per heavy atom. The lowest BCUT2D eigenvalue weighted by atomic mass is 10.1. The summed E-state index contributed by atoms with van der Waals surface area (Å²) in [5.41, 5.74) is 4.83. The molecule has 0 aliphatic carbocycles. The third kappa shape index (κ3) is 2.02. The molecule has 5 rings (SSSR count). The van der Waals surface area contributed by atoms with Gasteiger partial charge in [-0.05, 0) is 35.7 Å². The molecule has 0 aliphatic rings. The molecular formula is C19H12N4S. The Morgan fingerprint density at radius 1 is 0.875 bits per heavy atom. The van der Waals surface area contributed by atoms with Crippen molar-refractivity contribution in [2.45, 2.75) is 0 Å². The number of aromatic nitrogens is 4. The van der Waals surface area contributed by atoms with Gasteiger partial charge in [0.05, 0.1) is 22.3 Å². The molecule has 0 saturated carbocycles. The normalized spacial score (nSPS) is 11.3. The molecule has 5 heteroatoms. The standard InChI is InChI=1S/C19H12N4S/c1-4-14(13-5-2-10-20-15(13)6-1)16-8-9-19-21-12-17(23(19)22-16)18-7-3-11-24-18/h1-12H. The Balaban J connectivity index is 1.77. The minimum atomic E-state index is 0.848. The first-order valence-electron chi connectivity index (χ1n) is 7.63. The number of benzene rings is 1. The van der Waals surface area contributed by atoms with Crippen molar-refractivity contribution in [2.24, 2.45) is 0 Å². The van der Waals surface area contributed by atoms with Gasteiger partial charge in [-0.1, -0.05) is 24.3 Å². The van der Waals surface area contributed by atoms with Gasteiger partial charge in [0.15, 0.2) is 5.65 Å². The highest BCUT2D eigenvalue weighted by molar-refractivity contribution is 7.13. The lowest BCUT2D eigenvalue weighted by molar-refractivity contribution is 0.952. The van der Waals surface area contributed by atoms with Crippen molar-refractivity contribution in [2.75, 3.05) is 0 Å². The van der Waals surface area contributed by atoms with E-state index in [1.165, 1.54) is 0 Å². The minimum Gasteiger partial charge on any atom is -0.256 e. The van der Waals surface area contributed by atoms with Gasteiger partial charge < -0.3 is 0 Å². The average molecular weight is 328 g/mol. The van der Waals surface area contributed by atoms with Gasteiger partial charge in [0.1, 0.15) is 5.69 Å². The van der Waals surface area contributed by atoms with Crippen LogP contribution in [-0.2, 0) is 0 Å². The molecule has 114 valence electrons. The molecule has 0 N–H and O–H groups in total. The van der Waals surface area contributed by atoms with Crippen molar-refractivity contribution in [1.29, 1.82) is 0 Å². The molecule has 4 nitrogen and oxygen atoms in total. The van der Waals surface area contributed by atoms with E-state index < -0.39 is 0 Å². The van der Waals surface area contributed by atoms with E-state index in [-0.39, 0.29) is 0 Å². The second-order valence-corrected chi connectivity index (χ2v) is 6.43. The molecule has 0 bridgehead atoms. The van der Waals surface area contributed by atoms with E-state index in [2.05, 4.69) is 33.5 Å². The number of imidazole rings is 1. The summed E-state index contributed by atoms with van der Waals surface area (Å²) in [7, 11) is 0. The van der Waals surface area contributed by atoms with Crippen LogP contribution in [0.1, 0.15) is 0 Å². The first-order valence-corrected chi connectivity index (χ1v) is 8.51. The average Bonchev–Trinajstić information content (AvgIpc) is 3.30. The number of nitrogens with zero attached hydrogens (tertiary/aromatic N) is 4. The monoisotopic (exact) mass is 328 g/mol. The van der Waals surface area contributed by atoms with Gasteiger partial charge in [-0.25, -0.2) is 9.50 Å². The molecule has 0 atom stereocenters. The smallest absolute Gasteiger partial charge is 0.154 e. The summed E-state index contributed by atoms with van der Waals surface area (Å²) in [6.07, 6.45) is 3.69. The van der Waals surface area contributed by atoms with Crippen molar-refractivity contribution in [1.82, 2.24) is 19.6 Å². The highest BCUT2D eigenvalue weighted by atomic mass is 32.1. The van der Waals surface area contributed by atoms with Crippen molar-refractivity contribution in [3.05, 3.63) is 72.4 Å². The summed E-state index contributed by atoms with van der Waals surface area (Å²) in [5, 5.41) is 8.01. The summed E-state index contributed by atoms with van der Waals surface area (Å²) in [4.78, 5) is 10.1. The molecule has 1 aromatic carbocycles. The summed E-state index contributed by atoms with van der Waals surface area (Å²) < 4.78 is 1.91. The molecular weight excluding hydrogens is 316 g/mol. The molecule has 0 saturated heterocycles. The molecule has 24 heavy (non-hydrogen) atoms. The van der Waals surface area contributed by atoms with E-state index in [1.54, 1.807) is 11.3 Å². The fourth-order valence-electron chi connectivity index (χ4n) is 2.94. The zero-order valence-electron chi connectivity index (χ0n) is 12.6. The zero-order chi connectivity index (χ0) is 15.9. The maximum atomic E-state index is 4.84. The summed E-state index contributed by atoms with van der Waals surface area (Å²) in [6, 6.07) is 18.3. The third-order valence-corrected chi connectivity index (χ3v) is 4.95. The summed E-state index contributed by atoms with van der Waals surface area (Å²) >= 11 is 1.69. The van der Waals surface area contributed by atoms with E-state index in [1.807, 2.05) is 53.3 Å². The number of pyridine rings is 1. The zero-order valence-corrected chi connectivity index (χ0v) is 13.4. The molecule has 0 aliphatic heterocycles. The lowest BCUT2D eigenvalue weighted by Crippen LogP contribution is -1.96. The fraction of sp³-hybridized carbons (Fsp3) is 0. The van der Waals surface area contributed by atoms with Gasteiger partial charge in [-0.3, -0.25) is 4.98 Å². The van der Waals surface area contributed by atoms with Gasteiger partial charge in [-0.15, -0.1) is 11.3 Å². The molecule has 5 aromatic rings. The Kier molecular flexibility index (Phi) is 2.93. The van der Waals surface area contributed by atoms with Crippen LogP contribution >= 0.6 is 11.3 Å². The SMILES string of the molecule is c1csc(-c2cnc3ccc(-c4cccc5ncccc45)nn23)c1. The van der Waals surface area contributed by atoms with E-state index in [4.69, 9.17) is 5.10 Å². The lowest BCUT2D eigenvalue weighted by Gasteiger charge is -2.06. The molecule has 0 radical (unpaired) electrons. The van der Waals surface area contributed by atoms with Crippen LogP contribution in [0.15, 0.2) is 72.4 Å². The van der Waals surface area contributed by atoms with Crippen LogP contribution in [0.25, 0.3) is 38.4 Å². The summed E-state index contributed by atoms with van der Waals surface area (Å²) in [5.74, 6) is 0. The highest BCUT2D eigenvalue weighted by Gasteiger charge is 2.11. The molecule has 0 amide bonds. The van der Waals surface area contributed by atoms with Crippen molar-refractivity contribution >= 4 is 27.9 Å². The predicted octanol–water partition coefficient (Wildman–Crippen LogP) is 4.67. The van der Waals surface area contributed by atoms with Gasteiger partial charge in [0, 0.05) is 17.1 Å². The number of thiophene rings is 1. The van der Waals surface area contributed by atoms with Crippen LogP contribution in [0, 0.1) is 0 Å². The quantitative estimate of drug-likeness (QED) is 0.473. The minimum absolute atomic E-state index is 0.848. The first kappa shape index (κ1) is 13.4. The van der Waals surface area contributed by atoms with E-state index in [9.17, 15) is 0 Å². The van der Waals surface area contributed by atoms with Crippen molar-refractivity contribution < 1.29 is 0 Å². The predicted molar refractivity (Wildman–Crippen MR) is 97.0 cm³/mol. The largest absolute Gasteiger partial charge is 0.256 e. The van der Waals surface area contributed by atoms with Crippen LogP contribution in [0.2, 0.25) is 0 Å². The van der Waals surface area contributed by atoms with Gasteiger partial charge >= 0.3 is 0 Å². The highest BCUT2D eigenvalue weighted by Crippen LogP contribution is 2.29. The third-order valence-electron chi connectivity index (χ3n) is 4.06. The maximum absolute atomic E-state index is 4.84. The Bertz CT molecular complexity index is 1150. The van der Waals surface area contributed by atoms with Gasteiger partial charge in [-0.2, -0.15) is 5.10 Å². The van der Waals surface area contributed by atoms with E-state index >= 15 is 0 Å². The molecule has 0 spiro atoms. The molecule has 0 fully saturated rings. The number of hydrogen-bond acceptors (Lipinski definition) is 4. The topological polar surface area (TPSA) is 43.1 Å². The molecule has 4 heterocycles. The summed E-state index contributed by atoms with van der Waals surface area (Å²) in [6.45, 7) is 0. The fourth-order valence-corrected chi connectivity index (χ4v) is 3.66. The van der Waals surface area contributed by atoms with Crippen LogP contribution in [0.4, 0.5) is 0 Å². The number of hydrogen-bond donors (Lipinski definition) is 0. The Labute approximate surface area is 142 Å². The van der Waals surface area contributed by atoms with Crippen LogP contribution in [-0.4, -0.2) is 19.6 Å². The Hall–Kier alpha value is -3.05. The second kappa shape index (κ2) is 5.25. The van der Waals surface area contributed by atoms with Crippen molar-refractivity contribution in [3.63, 3.8) is 0 Å². The van der Waals surface area contributed by atoms with E-state index in [0.29, 0.717) is 0 Å². The van der Waals surface area contributed by atoms with Crippen LogP contribution < -0.4 is 0 Å². The van der Waals surface area contributed by atoms with Crippen LogP contribution in [0.3, 0.4) is 0 Å². The van der Waals surface area contributed by atoms with Gasteiger partial charge in [0.2, 0.25) is 0 Å². The number of fused-ring (bicyclic) bond motifs is 2. The molecule has 4 aromatic heterocycles.